The second-order valence-electron chi connectivity index (χ2n) is 7.47. The molecule has 1 aliphatic heterocycles. The normalized spacial score (nSPS) is 13.1. The van der Waals surface area contributed by atoms with E-state index in [0.717, 1.165) is 42.8 Å². The van der Waals surface area contributed by atoms with Gasteiger partial charge in [0.2, 0.25) is 0 Å². The zero-order valence-corrected chi connectivity index (χ0v) is 17.0. The molecule has 9 heteroatoms. The number of urea groups is 1. The summed E-state index contributed by atoms with van der Waals surface area (Å²) in [6.45, 7) is 2.85. The minimum Gasteiger partial charge on any atom is -0.338 e. The summed E-state index contributed by atoms with van der Waals surface area (Å²) in [6.07, 6.45) is 7.30. The first-order valence-corrected chi connectivity index (χ1v) is 10.4. The number of benzene rings is 1. The fourth-order valence-electron chi connectivity index (χ4n) is 3.72. The number of carbonyl (C=O) groups excluding carboxylic acids is 1. The predicted molar refractivity (Wildman–Crippen MR) is 112 cm³/mol. The molecule has 4 rings (SSSR count). The van der Waals surface area contributed by atoms with E-state index in [-0.39, 0.29) is 11.7 Å². The van der Waals surface area contributed by atoms with Gasteiger partial charge in [-0.3, -0.25) is 9.25 Å². The Morgan fingerprint density at radius 3 is 2.77 bits per heavy atom. The van der Waals surface area contributed by atoms with Gasteiger partial charge in [0.05, 0.1) is 6.54 Å². The third-order valence-electron chi connectivity index (χ3n) is 5.31. The maximum Gasteiger partial charge on any atom is 0.345 e. The Morgan fingerprint density at radius 2 is 1.97 bits per heavy atom. The van der Waals surface area contributed by atoms with Gasteiger partial charge in [0.15, 0.2) is 0 Å². The summed E-state index contributed by atoms with van der Waals surface area (Å²) < 4.78 is 5.14. The highest BCUT2D eigenvalue weighted by atomic mass is 16.2. The highest BCUT2D eigenvalue weighted by Crippen LogP contribution is 2.10. The summed E-state index contributed by atoms with van der Waals surface area (Å²) in [5, 5.41) is 14.4. The minimum absolute atomic E-state index is 0.0389. The second kappa shape index (κ2) is 9.43. The van der Waals surface area contributed by atoms with Crippen LogP contribution in [0.25, 0.3) is 0 Å². The average molecular weight is 409 g/mol. The molecule has 1 aromatic carbocycles. The van der Waals surface area contributed by atoms with E-state index >= 15 is 0 Å². The number of hydrogen-bond donors (Lipinski definition) is 2. The smallest absolute Gasteiger partial charge is 0.338 e. The van der Waals surface area contributed by atoms with Crippen LogP contribution >= 0.6 is 0 Å². The van der Waals surface area contributed by atoms with Crippen molar-refractivity contribution >= 4 is 6.03 Å². The van der Waals surface area contributed by atoms with E-state index in [1.807, 2.05) is 41.2 Å². The zero-order chi connectivity index (χ0) is 20.8. The van der Waals surface area contributed by atoms with Gasteiger partial charge in [-0.15, -0.1) is 0 Å². The average Bonchev–Trinajstić information content (AvgIpc) is 3.39. The van der Waals surface area contributed by atoms with Crippen LogP contribution in [0, 0.1) is 0 Å². The van der Waals surface area contributed by atoms with Crippen LogP contribution in [0.15, 0.2) is 47.5 Å². The number of nitrogens with one attached hydrogen (secondary N) is 2. The molecule has 3 heterocycles. The largest absolute Gasteiger partial charge is 0.345 e. The highest BCUT2D eigenvalue weighted by Gasteiger charge is 2.16. The first-order valence-electron chi connectivity index (χ1n) is 10.4. The maximum atomic E-state index is 12.3. The molecule has 158 valence electrons. The highest BCUT2D eigenvalue weighted by molar-refractivity contribution is 5.73. The molecule has 0 fully saturated rings. The number of rotatable bonds is 8. The molecule has 30 heavy (non-hydrogen) atoms. The lowest BCUT2D eigenvalue weighted by Gasteiger charge is -2.12. The maximum absolute atomic E-state index is 12.3. The molecule has 0 saturated heterocycles. The van der Waals surface area contributed by atoms with E-state index in [4.69, 9.17) is 0 Å². The molecule has 2 aromatic heterocycles. The van der Waals surface area contributed by atoms with Gasteiger partial charge in [-0.1, -0.05) is 24.3 Å². The van der Waals surface area contributed by atoms with E-state index in [0.29, 0.717) is 32.6 Å². The number of nitrogens with zero attached hydrogens (tertiary/aromatic N) is 5. The molecule has 1 aliphatic rings. The van der Waals surface area contributed by atoms with Crippen LogP contribution in [-0.2, 0) is 32.6 Å². The molecule has 0 saturated carbocycles. The summed E-state index contributed by atoms with van der Waals surface area (Å²) >= 11 is 0. The van der Waals surface area contributed by atoms with Crippen LogP contribution in [0.1, 0.15) is 36.2 Å². The van der Waals surface area contributed by atoms with E-state index in [2.05, 4.69) is 20.8 Å². The number of aryl methyl sites for hydroxylation is 2. The van der Waals surface area contributed by atoms with Gasteiger partial charge in [0.1, 0.15) is 5.82 Å². The van der Waals surface area contributed by atoms with Crippen LogP contribution in [0.3, 0.4) is 0 Å². The Hall–Kier alpha value is -3.36. The number of fused-ring (bicyclic) bond motifs is 1. The lowest BCUT2D eigenvalue weighted by atomic mass is 10.1. The van der Waals surface area contributed by atoms with Gasteiger partial charge in [0, 0.05) is 45.0 Å². The number of aromatic nitrogens is 5. The van der Waals surface area contributed by atoms with Gasteiger partial charge in [-0.2, -0.15) is 10.2 Å². The zero-order valence-electron chi connectivity index (χ0n) is 17.0. The van der Waals surface area contributed by atoms with Crippen LogP contribution in [0.2, 0.25) is 0 Å². The molecule has 0 spiro atoms. The number of amides is 2. The van der Waals surface area contributed by atoms with Crippen LogP contribution in [0.5, 0.6) is 0 Å². The number of hydrogen-bond acceptors (Lipinski definition) is 4. The predicted octanol–water partition coefficient (Wildman–Crippen LogP) is 1.52. The second-order valence-corrected chi connectivity index (χ2v) is 7.47. The van der Waals surface area contributed by atoms with Crippen molar-refractivity contribution in [2.75, 3.05) is 6.54 Å². The Bertz CT molecular complexity index is 1040. The molecule has 3 aromatic rings. The molecule has 0 aliphatic carbocycles. The van der Waals surface area contributed by atoms with Crippen molar-refractivity contribution in [2.45, 2.75) is 51.9 Å². The van der Waals surface area contributed by atoms with Gasteiger partial charge in [-0.25, -0.2) is 14.3 Å². The Labute approximate surface area is 174 Å². The van der Waals surface area contributed by atoms with Crippen molar-refractivity contribution in [2.24, 2.45) is 0 Å². The standard InChI is InChI=1S/C21H27N7O2/c29-20(22-10-5-14-28-21(30)27-13-4-3-9-19(27)25-28)23-15-17-7-1-2-8-18(17)16-26-12-6-11-24-26/h1-2,6-8,11-12H,3-5,9-10,13-16H2,(H2,22,23,29). The Kier molecular flexibility index (Phi) is 6.26. The van der Waals surface area contributed by atoms with Crippen LogP contribution < -0.4 is 16.3 Å². The Morgan fingerprint density at radius 1 is 1.10 bits per heavy atom. The summed E-state index contributed by atoms with van der Waals surface area (Å²) in [5.41, 5.74) is 2.13. The van der Waals surface area contributed by atoms with Crippen molar-refractivity contribution in [1.82, 2.24) is 34.8 Å². The molecule has 2 amide bonds. The molecule has 0 atom stereocenters. The van der Waals surface area contributed by atoms with E-state index in [9.17, 15) is 9.59 Å². The van der Waals surface area contributed by atoms with Crippen molar-refractivity contribution in [1.29, 1.82) is 0 Å². The molecule has 0 unspecified atom stereocenters. The van der Waals surface area contributed by atoms with E-state index in [1.165, 1.54) is 4.68 Å². The van der Waals surface area contributed by atoms with Gasteiger partial charge < -0.3 is 10.6 Å². The van der Waals surface area contributed by atoms with Crippen LogP contribution in [0.4, 0.5) is 4.79 Å². The summed E-state index contributed by atoms with van der Waals surface area (Å²) in [4.78, 5) is 24.5. The first kappa shape index (κ1) is 19.9. The van der Waals surface area contributed by atoms with Gasteiger partial charge >= 0.3 is 11.7 Å². The first-order chi connectivity index (χ1) is 14.7. The molecular formula is C21H27N7O2. The number of carbonyl (C=O) groups is 1. The Balaban J connectivity index is 1.22. The third-order valence-corrected chi connectivity index (χ3v) is 5.31. The lowest BCUT2D eigenvalue weighted by molar-refractivity contribution is 0.240. The molecule has 9 nitrogen and oxygen atoms in total. The SMILES string of the molecule is O=C(NCCCn1nc2n(c1=O)CCCC2)NCc1ccccc1Cn1cccn1. The molecular weight excluding hydrogens is 382 g/mol. The van der Waals surface area contributed by atoms with Gasteiger partial charge in [-0.05, 0) is 36.5 Å². The van der Waals surface area contributed by atoms with Crippen molar-refractivity contribution in [3.63, 3.8) is 0 Å². The van der Waals surface area contributed by atoms with Crippen molar-refractivity contribution < 1.29 is 4.79 Å². The third kappa shape index (κ3) is 4.79. The molecule has 0 bridgehead atoms. The topological polar surface area (TPSA) is 98.8 Å². The monoisotopic (exact) mass is 409 g/mol. The van der Waals surface area contributed by atoms with E-state index < -0.39 is 0 Å². The molecule has 0 radical (unpaired) electrons. The van der Waals surface area contributed by atoms with Crippen LogP contribution in [-0.4, -0.2) is 36.7 Å². The van der Waals surface area contributed by atoms with E-state index in [1.54, 1.807) is 10.8 Å². The summed E-state index contributed by atoms with van der Waals surface area (Å²) in [5.74, 6) is 0.880. The minimum atomic E-state index is -0.222. The quantitative estimate of drug-likeness (QED) is 0.551. The fraction of sp³-hybridized carbons (Fsp3) is 0.429. The van der Waals surface area contributed by atoms with Crippen molar-refractivity contribution in [3.05, 3.63) is 70.2 Å². The summed E-state index contributed by atoms with van der Waals surface area (Å²) in [6, 6.07) is 9.66. The van der Waals surface area contributed by atoms with Gasteiger partial charge in [0.25, 0.3) is 0 Å². The fourth-order valence-corrected chi connectivity index (χ4v) is 3.72. The molecule has 2 N–H and O–H groups in total. The lowest BCUT2D eigenvalue weighted by Crippen LogP contribution is -2.36. The van der Waals surface area contributed by atoms with Crippen molar-refractivity contribution in [3.8, 4) is 0 Å². The summed E-state index contributed by atoms with van der Waals surface area (Å²) in [7, 11) is 0.